The third-order valence-corrected chi connectivity index (χ3v) is 1.88. The number of nitrogens with two attached hydrogens (primary N) is 1. The largest absolute Gasteiger partial charge is 0.420 e. The van der Waals surface area contributed by atoms with Crippen LogP contribution in [0, 0.1) is 11.3 Å². The molecule has 0 aliphatic rings. The van der Waals surface area contributed by atoms with Gasteiger partial charge in [0, 0.05) is 18.5 Å². The number of oxazole rings is 1. The minimum Gasteiger partial charge on any atom is -0.420 e. The fourth-order valence-electron chi connectivity index (χ4n) is 1.14. The van der Waals surface area contributed by atoms with Crippen molar-refractivity contribution in [1.29, 1.82) is 5.26 Å². The molecule has 0 radical (unpaired) electrons. The molecule has 0 unspecified atom stereocenters. The summed E-state index contributed by atoms with van der Waals surface area (Å²) in [5, 5.41) is 8.63. The molecule has 2 heterocycles. The number of nitriles is 1. The van der Waals surface area contributed by atoms with E-state index in [0.29, 0.717) is 5.89 Å². The van der Waals surface area contributed by atoms with E-state index in [1.807, 2.05) is 18.2 Å². The van der Waals surface area contributed by atoms with Gasteiger partial charge in [0.2, 0.25) is 17.5 Å². The van der Waals surface area contributed by atoms with Crippen LogP contribution in [0.4, 0.5) is 5.88 Å². The second kappa shape index (κ2) is 4.28. The summed E-state index contributed by atoms with van der Waals surface area (Å²) in [5.41, 5.74) is 6.44. The van der Waals surface area contributed by atoms with E-state index >= 15 is 0 Å². The zero-order valence-corrected chi connectivity index (χ0v) is 8.29. The van der Waals surface area contributed by atoms with Gasteiger partial charge in [-0.3, -0.25) is 4.98 Å². The molecular formula is C11H8N4O. The minimum absolute atomic E-state index is 0.0355. The van der Waals surface area contributed by atoms with Gasteiger partial charge in [-0.15, -0.1) is 0 Å². The number of aromatic nitrogens is 2. The van der Waals surface area contributed by atoms with E-state index in [-0.39, 0.29) is 11.6 Å². The SMILES string of the molecule is N#Cc1nc(/C=C/c2cccnc2)oc1N. The van der Waals surface area contributed by atoms with Crippen LogP contribution in [0.1, 0.15) is 17.1 Å². The van der Waals surface area contributed by atoms with Crippen LogP contribution in [0.5, 0.6) is 0 Å². The average Bonchev–Trinajstić information content (AvgIpc) is 2.69. The monoisotopic (exact) mass is 212 g/mol. The normalized spacial score (nSPS) is 10.4. The van der Waals surface area contributed by atoms with Crippen LogP contribution in [0.2, 0.25) is 0 Å². The number of hydrogen-bond acceptors (Lipinski definition) is 5. The van der Waals surface area contributed by atoms with Crippen LogP contribution >= 0.6 is 0 Å². The highest BCUT2D eigenvalue weighted by Gasteiger charge is 2.06. The molecule has 0 aromatic carbocycles. The van der Waals surface area contributed by atoms with E-state index in [1.165, 1.54) is 0 Å². The molecule has 0 saturated heterocycles. The molecule has 78 valence electrons. The lowest BCUT2D eigenvalue weighted by Gasteiger charge is -1.88. The van der Waals surface area contributed by atoms with Gasteiger partial charge >= 0.3 is 0 Å². The van der Waals surface area contributed by atoms with E-state index in [0.717, 1.165) is 5.56 Å². The molecule has 16 heavy (non-hydrogen) atoms. The highest BCUT2D eigenvalue weighted by Crippen LogP contribution is 2.14. The fourth-order valence-corrected chi connectivity index (χ4v) is 1.14. The molecule has 2 aromatic rings. The molecule has 2 rings (SSSR count). The van der Waals surface area contributed by atoms with Crippen molar-refractivity contribution in [3.63, 3.8) is 0 Å². The Balaban J connectivity index is 2.22. The first-order chi connectivity index (χ1) is 7.79. The summed E-state index contributed by atoms with van der Waals surface area (Å²) in [7, 11) is 0. The van der Waals surface area contributed by atoms with Gasteiger partial charge in [-0.1, -0.05) is 6.07 Å². The Labute approximate surface area is 91.9 Å². The predicted octanol–water partition coefficient (Wildman–Crippen LogP) is 1.69. The maximum atomic E-state index is 8.63. The molecule has 0 aliphatic heterocycles. The summed E-state index contributed by atoms with van der Waals surface area (Å²) in [6.45, 7) is 0. The molecule has 2 aromatic heterocycles. The smallest absolute Gasteiger partial charge is 0.229 e. The van der Waals surface area contributed by atoms with E-state index in [2.05, 4.69) is 9.97 Å². The highest BCUT2D eigenvalue weighted by atomic mass is 16.4. The lowest BCUT2D eigenvalue weighted by Crippen LogP contribution is -1.83. The molecule has 5 heteroatoms. The molecule has 0 aliphatic carbocycles. The van der Waals surface area contributed by atoms with Crippen molar-refractivity contribution >= 4 is 18.0 Å². The Hall–Kier alpha value is -2.61. The average molecular weight is 212 g/mol. The standard InChI is InChI=1S/C11H8N4O/c12-6-9-11(13)16-10(15-9)4-3-8-2-1-5-14-7-8/h1-5,7H,13H2/b4-3+. The Morgan fingerprint density at radius 2 is 2.31 bits per heavy atom. The molecule has 0 bridgehead atoms. The summed E-state index contributed by atoms with van der Waals surface area (Å²) in [5.74, 6) is 0.339. The Morgan fingerprint density at radius 3 is 2.94 bits per heavy atom. The van der Waals surface area contributed by atoms with E-state index in [4.69, 9.17) is 15.4 Å². The summed E-state index contributed by atoms with van der Waals surface area (Å²) >= 11 is 0. The van der Waals surface area contributed by atoms with Crippen molar-refractivity contribution in [2.24, 2.45) is 0 Å². The zero-order chi connectivity index (χ0) is 11.4. The molecule has 0 spiro atoms. The van der Waals surface area contributed by atoms with Crippen LogP contribution < -0.4 is 5.73 Å². The van der Waals surface area contributed by atoms with Gasteiger partial charge in [-0.2, -0.15) is 10.2 Å². The molecule has 0 fully saturated rings. The van der Waals surface area contributed by atoms with Gasteiger partial charge in [0.25, 0.3) is 0 Å². The molecule has 2 N–H and O–H groups in total. The van der Waals surface area contributed by atoms with Crippen molar-refractivity contribution in [2.75, 3.05) is 5.73 Å². The van der Waals surface area contributed by atoms with E-state index in [9.17, 15) is 0 Å². The van der Waals surface area contributed by atoms with Crippen LogP contribution in [0.15, 0.2) is 28.9 Å². The predicted molar refractivity (Wildman–Crippen MR) is 58.8 cm³/mol. The first kappa shape index (κ1) is 9.93. The van der Waals surface area contributed by atoms with Crippen molar-refractivity contribution in [1.82, 2.24) is 9.97 Å². The van der Waals surface area contributed by atoms with Crippen molar-refractivity contribution in [3.05, 3.63) is 41.7 Å². The van der Waals surface area contributed by atoms with Crippen molar-refractivity contribution in [2.45, 2.75) is 0 Å². The molecule has 0 amide bonds. The number of nitrogen functional groups attached to an aromatic ring is 1. The summed E-state index contributed by atoms with van der Waals surface area (Å²) in [6, 6.07) is 5.55. The van der Waals surface area contributed by atoms with E-state index < -0.39 is 0 Å². The van der Waals surface area contributed by atoms with Gasteiger partial charge in [0.15, 0.2) is 0 Å². The first-order valence-electron chi connectivity index (χ1n) is 4.54. The summed E-state index contributed by atoms with van der Waals surface area (Å²) in [6.07, 6.45) is 6.80. The number of pyridine rings is 1. The van der Waals surface area contributed by atoms with Crippen LogP contribution in [-0.2, 0) is 0 Å². The lowest BCUT2D eigenvalue weighted by atomic mass is 10.2. The van der Waals surface area contributed by atoms with Crippen molar-refractivity contribution in [3.8, 4) is 6.07 Å². The Morgan fingerprint density at radius 1 is 1.44 bits per heavy atom. The highest BCUT2D eigenvalue weighted by molar-refractivity contribution is 5.66. The Kier molecular flexibility index (Phi) is 2.65. The summed E-state index contributed by atoms with van der Waals surface area (Å²) in [4.78, 5) is 7.84. The number of anilines is 1. The fraction of sp³-hybridized carbons (Fsp3) is 0. The molecular weight excluding hydrogens is 204 g/mol. The first-order valence-corrected chi connectivity index (χ1v) is 4.54. The lowest BCUT2D eigenvalue weighted by molar-refractivity contribution is 0.565. The van der Waals surface area contributed by atoms with Gasteiger partial charge in [-0.25, -0.2) is 0 Å². The Bertz CT molecular complexity index is 551. The van der Waals surface area contributed by atoms with Crippen molar-refractivity contribution < 1.29 is 4.42 Å². The molecule has 0 saturated carbocycles. The number of nitrogens with zero attached hydrogens (tertiary/aromatic N) is 3. The maximum Gasteiger partial charge on any atom is 0.229 e. The van der Waals surface area contributed by atoms with E-state index in [1.54, 1.807) is 24.5 Å². The van der Waals surface area contributed by atoms with Gasteiger partial charge in [0.05, 0.1) is 0 Å². The zero-order valence-electron chi connectivity index (χ0n) is 8.29. The third kappa shape index (κ3) is 2.07. The topological polar surface area (TPSA) is 88.7 Å². The van der Waals surface area contributed by atoms with Crippen LogP contribution in [-0.4, -0.2) is 9.97 Å². The van der Waals surface area contributed by atoms with Crippen LogP contribution in [0.25, 0.3) is 12.2 Å². The minimum atomic E-state index is 0.0355. The number of rotatable bonds is 2. The second-order valence-electron chi connectivity index (χ2n) is 3.00. The van der Waals surface area contributed by atoms with Crippen LogP contribution in [0.3, 0.4) is 0 Å². The van der Waals surface area contributed by atoms with Gasteiger partial charge < -0.3 is 10.2 Å². The molecule has 0 atom stereocenters. The molecule has 5 nitrogen and oxygen atoms in total. The van der Waals surface area contributed by atoms with Gasteiger partial charge in [-0.05, 0) is 17.7 Å². The maximum absolute atomic E-state index is 8.63. The van der Waals surface area contributed by atoms with Gasteiger partial charge in [0.1, 0.15) is 6.07 Å². The quantitative estimate of drug-likeness (QED) is 0.818. The second-order valence-corrected chi connectivity index (χ2v) is 3.00. The number of hydrogen-bond donors (Lipinski definition) is 1. The third-order valence-electron chi connectivity index (χ3n) is 1.88. The summed E-state index contributed by atoms with van der Waals surface area (Å²) < 4.78 is 5.06.